The molecule has 0 aromatic carbocycles. The Hall–Kier alpha value is -0.860. The summed E-state index contributed by atoms with van der Waals surface area (Å²) in [6, 6.07) is -0.0815. The molecule has 2 unspecified atom stereocenters. The molecule has 0 saturated carbocycles. The summed E-state index contributed by atoms with van der Waals surface area (Å²) in [5, 5.41) is 3.22. The Balaban J connectivity index is 2.17. The van der Waals surface area contributed by atoms with Crippen LogP contribution in [0.1, 0.15) is 33.1 Å². The number of esters is 1. The number of rotatable bonds is 8. The van der Waals surface area contributed by atoms with Crippen LogP contribution < -0.4 is 5.32 Å². The molecule has 22 heavy (non-hydrogen) atoms. The third-order valence-electron chi connectivity index (χ3n) is 3.48. The third-order valence-corrected chi connectivity index (χ3v) is 3.48. The molecule has 1 heterocycles. The lowest BCUT2D eigenvalue weighted by atomic mass is 10.1. The topological polar surface area (TPSA) is 50.8 Å². The fourth-order valence-electron chi connectivity index (χ4n) is 2.35. The van der Waals surface area contributed by atoms with E-state index in [1.807, 2.05) is 13.8 Å². The Labute approximate surface area is 129 Å². The summed E-state index contributed by atoms with van der Waals surface area (Å²) in [7, 11) is 1.75. The highest BCUT2D eigenvalue weighted by atomic mass is 19.4. The highest BCUT2D eigenvalue weighted by Crippen LogP contribution is 2.18. The summed E-state index contributed by atoms with van der Waals surface area (Å²) in [4.78, 5) is 13.5. The molecule has 1 N–H and O–H groups in total. The fraction of sp³-hybridized carbons (Fsp3) is 0.929. The molecular weight excluding hydrogens is 301 g/mol. The van der Waals surface area contributed by atoms with Gasteiger partial charge in [0.25, 0.3) is 0 Å². The number of nitrogens with zero attached hydrogens (tertiary/aromatic N) is 1. The van der Waals surface area contributed by atoms with E-state index >= 15 is 0 Å². The summed E-state index contributed by atoms with van der Waals surface area (Å²) in [6.07, 6.45) is -2.33. The van der Waals surface area contributed by atoms with Gasteiger partial charge < -0.3 is 15.0 Å². The van der Waals surface area contributed by atoms with Crippen LogP contribution in [0, 0.1) is 0 Å². The van der Waals surface area contributed by atoms with Gasteiger partial charge in [0.1, 0.15) is 6.04 Å². The van der Waals surface area contributed by atoms with Crippen molar-refractivity contribution in [2.75, 3.05) is 26.7 Å². The summed E-state index contributed by atoms with van der Waals surface area (Å²) in [5.41, 5.74) is 0. The van der Waals surface area contributed by atoms with E-state index in [0.29, 0.717) is 6.54 Å². The second-order valence-corrected chi connectivity index (χ2v) is 5.87. The Morgan fingerprint density at radius 2 is 2.00 bits per heavy atom. The number of halogens is 3. The lowest BCUT2D eigenvalue weighted by molar-refractivity contribution is -0.324. The highest BCUT2D eigenvalue weighted by Gasteiger charge is 2.31. The van der Waals surface area contributed by atoms with Crippen molar-refractivity contribution in [3.8, 4) is 0 Å². The molecular formula is C14H25F3N2O3. The predicted octanol–water partition coefficient (Wildman–Crippen LogP) is 1.92. The van der Waals surface area contributed by atoms with Crippen LogP contribution in [0.25, 0.3) is 0 Å². The molecule has 1 aliphatic rings. The normalized spacial score (nSPS) is 22.5. The Kier molecular flexibility index (Phi) is 7.58. The molecule has 0 bridgehead atoms. The van der Waals surface area contributed by atoms with Gasteiger partial charge in [-0.3, -0.25) is 9.53 Å². The van der Waals surface area contributed by atoms with E-state index in [0.717, 1.165) is 19.3 Å². The van der Waals surface area contributed by atoms with E-state index < -0.39 is 6.36 Å². The Morgan fingerprint density at radius 3 is 2.59 bits per heavy atom. The van der Waals surface area contributed by atoms with E-state index in [1.165, 1.54) is 0 Å². The minimum absolute atomic E-state index is 0.131. The first-order valence-corrected chi connectivity index (χ1v) is 7.53. The van der Waals surface area contributed by atoms with Gasteiger partial charge in [0.2, 0.25) is 0 Å². The number of carbonyl (C=O) groups excluding carboxylic acids is 1. The van der Waals surface area contributed by atoms with Crippen LogP contribution >= 0.6 is 0 Å². The van der Waals surface area contributed by atoms with Crippen LogP contribution in [-0.2, 0) is 14.3 Å². The van der Waals surface area contributed by atoms with Gasteiger partial charge in [0.05, 0.1) is 12.7 Å². The second kappa shape index (κ2) is 8.69. The number of likely N-dealkylation sites (N-methyl/N-ethyl adjacent to an activating group) is 1. The molecule has 2 atom stereocenters. The van der Waals surface area contributed by atoms with E-state index in [1.54, 1.807) is 11.9 Å². The minimum atomic E-state index is -4.57. The zero-order valence-electron chi connectivity index (χ0n) is 13.3. The van der Waals surface area contributed by atoms with Crippen molar-refractivity contribution < 1.29 is 27.4 Å². The van der Waals surface area contributed by atoms with Crippen LogP contribution in [0.15, 0.2) is 0 Å². The minimum Gasteiger partial charge on any atom is -0.462 e. The highest BCUT2D eigenvalue weighted by molar-refractivity contribution is 5.76. The third kappa shape index (κ3) is 7.95. The van der Waals surface area contributed by atoms with Crippen LogP contribution in [0.5, 0.6) is 0 Å². The maximum absolute atomic E-state index is 11.9. The van der Waals surface area contributed by atoms with E-state index in [2.05, 4.69) is 10.1 Å². The van der Waals surface area contributed by atoms with Gasteiger partial charge in [0, 0.05) is 12.6 Å². The molecule has 1 saturated heterocycles. The van der Waals surface area contributed by atoms with Crippen LogP contribution in [0.4, 0.5) is 13.2 Å². The maximum Gasteiger partial charge on any atom is 0.522 e. The number of alkyl halides is 3. The summed E-state index contributed by atoms with van der Waals surface area (Å²) in [5.74, 6) is -0.232. The van der Waals surface area contributed by atoms with E-state index in [4.69, 9.17) is 4.74 Å². The van der Waals surface area contributed by atoms with Gasteiger partial charge in [0.15, 0.2) is 0 Å². The summed E-state index contributed by atoms with van der Waals surface area (Å²) >= 11 is 0. The van der Waals surface area contributed by atoms with Gasteiger partial charge in [-0.1, -0.05) is 0 Å². The van der Waals surface area contributed by atoms with Crippen molar-refractivity contribution in [3.05, 3.63) is 0 Å². The molecule has 8 heteroatoms. The quantitative estimate of drug-likeness (QED) is 0.691. The van der Waals surface area contributed by atoms with Crippen molar-refractivity contribution in [2.45, 2.75) is 57.7 Å². The molecule has 1 aliphatic heterocycles. The summed E-state index contributed by atoms with van der Waals surface area (Å²) < 4.78 is 44.5. The van der Waals surface area contributed by atoms with E-state index in [9.17, 15) is 18.0 Å². The average Bonchev–Trinajstić information content (AvgIpc) is 2.82. The molecule has 0 aliphatic carbocycles. The van der Waals surface area contributed by atoms with E-state index in [-0.39, 0.29) is 37.3 Å². The SMILES string of the molecule is CC(C)OC(=O)C1CCC(CCN(C)CCOC(F)(F)F)N1. The van der Waals surface area contributed by atoms with Gasteiger partial charge >= 0.3 is 12.3 Å². The molecule has 1 rings (SSSR count). The predicted molar refractivity (Wildman–Crippen MR) is 75.3 cm³/mol. The summed E-state index contributed by atoms with van der Waals surface area (Å²) in [6.45, 7) is 4.10. The number of hydrogen-bond donors (Lipinski definition) is 1. The average molecular weight is 326 g/mol. The first-order valence-electron chi connectivity index (χ1n) is 7.53. The van der Waals surface area contributed by atoms with Crippen LogP contribution in [0.3, 0.4) is 0 Å². The first-order chi connectivity index (χ1) is 10.2. The van der Waals surface area contributed by atoms with Gasteiger partial charge in [-0.25, -0.2) is 0 Å². The van der Waals surface area contributed by atoms with Gasteiger partial charge in [-0.15, -0.1) is 13.2 Å². The van der Waals surface area contributed by atoms with Crippen molar-refractivity contribution >= 4 is 5.97 Å². The number of hydrogen-bond acceptors (Lipinski definition) is 5. The monoisotopic (exact) mass is 326 g/mol. The molecule has 0 aromatic rings. The van der Waals surface area contributed by atoms with Crippen molar-refractivity contribution in [1.29, 1.82) is 0 Å². The maximum atomic E-state index is 11.9. The van der Waals surface area contributed by atoms with Crippen LogP contribution in [0.2, 0.25) is 0 Å². The van der Waals surface area contributed by atoms with Crippen molar-refractivity contribution in [3.63, 3.8) is 0 Å². The fourth-order valence-corrected chi connectivity index (χ4v) is 2.35. The zero-order chi connectivity index (χ0) is 16.8. The smallest absolute Gasteiger partial charge is 0.462 e. The molecule has 5 nitrogen and oxygen atoms in total. The Morgan fingerprint density at radius 1 is 1.32 bits per heavy atom. The standard InChI is InChI=1S/C14H25F3N2O3/c1-10(2)22-13(20)12-5-4-11(18-12)6-7-19(3)8-9-21-14(15,16)17/h10-12,18H,4-9H2,1-3H3. The largest absolute Gasteiger partial charge is 0.522 e. The number of nitrogens with one attached hydrogen (secondary N) is 1. The molecule has 0 aromatic heterocycles. The molecule has 0 spiro atoms. The first kappa shape index (κ1) is 19.2. The Bertz CT molecular complexity index is 351. The lowest BCUT2D eigenvalue weighted by Gasteiger charge is -2.20. The van der Waals surface area contributed by atoms with Crippen molar-refractivity contribution in [1.82, 2.24) is 10.2 Å². The van der Waals surface area contributed by atoms with Gasteiger partial charge in [-0.05, 0) is 46.7 Å². The zero-order valence-corrected chi connectivity index (χ0v) is 13.3. The lowest BCUT2D eigenvalue weighted by Crippen LogP contribution is -2.39. The number of carbonyl (C=O) groups is 1. The molecule has 130 valence electrons. The number of ether oxygens (including phenoxy) is 2. The van der Waals surface area contributed by atoms with Crippen molar-refractivity contribution in [2.24, 2.45) is 0 Å². The van der Waals surface area contributed by atoms with Gasteiger partial charge in [-0.2, -0.15) is 0 Å². The van der Waals surface area contributed by atoms with Crippen LogP contribution in [-0.4, -0.2) is 62.2 Å². The molecule has 0 amide bonds. The second-order valence-electron chi connectivity index (χ2n) is 5.87. The molecule has 0 radical (unpaired) electrons. The molecule has 1 fully saturated rings.